The summed E-state index contributed by atoms with van der Waals surface area (Å²) >= 11 is 0. The summed E-state index contributed by atoms with van der Waals surface area (Å²) in [6, 6.07) is 12.2. The highest BCUT2D eigenvalue weighted by Crippen LogP contribution is 2.31. The summed E-state index contributed by atoms with van der Waals surface area (Å²) in [7, 11) is -0.851. The van der Waals surface area contributed by atoms with Crippen molar-refractivity contribution < 1.29 is 22.7 Å². The molecule has 176 valence electrons. The molecule has 0 aromatic heterocycles. The van der Waals surface area contributed by atoms with Crippen LogP contribution in [0.1, 0.15) is 35.7 Å². The molecule has 9 heteroatoms. The van der Waals surface area contributed by atoms with Gasteiger partial charge in [0.15, 0.2) is 6.10 Å². The van der Waals surface area contributed by atoms with Gasteiger partial charge >= 0.3 is 5.97 Å². The first-order valence-electron chi connectivity index (χ1n) is 11.1. The van der Waals surface area contributed by atoms with Crippen molar-refractivity contribution in [2.75, 3.05) is 43.5 Å². The largest absolute Gasteiger partial charge is 0.449 e. The summed E-state index contributed by atoms with van der Waals surface area (Å²) in [6.45, 7) is 3.64. The standard InChI is InChI=1S/C24H29N3O5S/c1-17(23(28)27-15-12-18-8-4-5-9-21(18)27)32-24(29)20-16-19(33(30,31)25(2)3)10-11-22(20)26-13-6-7-14-26/h4-5,8-11,16-17H,6-7,12-15H2,1-3H3/t17-/m0/s1. The molecule has 1 atom stereocenters. The van der Waals surface area contributed by atoms with E-state index in [0.717, 1.165) is 47.9 Å². The van der Waals surface area contributed by atoms with Crippen molar-refractivity contribution >= 4 is 33.3 Å². The molecular weight excluding hydrogens is 442 g/mol. The molecule has 2 heterocycles. The minimum Gasteiger partial charge on any atom is -0.449 e. The van der Waals surface area contributed by atoms with E-state index in [1.165, 1.54) is 26.2 Å². The molecule has 4 rings (SSSR count). The molecule has 8 nitrogen and oxygen atoms in total. The number of esters is 1. The monoisotopic (exact) mass is 471 g/mol. The lowest BCUT2D eigenvalue weighted by Crippen LogP contribution is -2.39. The summed E-state index contributed by atoms with van der Waals surface area (Å²) in [4.78, 5) is 30.0. The number of hydrogen-bond donors (Lipinski definition) is 0. The topological polar surface area (TPSA) is 87.2 Å². The Morgan fingerprint density at radius 3 is 2.39 bits per heavy atom. The van der Waals surface area contributed by atoms with Crippen LogP contribution >= 0.6 is 0 Å². The van der Waals surface area contributed by atoms with Crippen LogP contribution in [0.4, 0.5) is 11.4 Å². The first-order chi connectivity index (χ1) is 15.7. The Hall–Kier alpha value is -2.91. The molecule has 0 unspecified atom stereocenters. The molecule has 0 radical (unpaired) electrons. The first kappa shape index (κ1) is 23.3. The van der Waals surface area contributed by atoms with Gasteiger partial charge in [0.1, 0.15) is 0 Å². The normalized spacial score (nSPS) is 16.7. The van der Waals surface area contributed by atoms with E-state index in [-0.39, 0.29) is 16.4 Å². The lowest BCUT2D eigenvalue weighted by atomic mass is 10.1. The fourth-order valence-electron chi connectivity index (χ4n) is 4.34. The summed E-state index contributed by atoms with van der Waals surface area (Å²) in [6.07, 6.45) is 1.74. The van der Waals surface area contributed by atoms with Gasteiger partial charge in [0, 0.05) is 39.4 Å². The molecule has 1 saturated heterocycles. The number of benzene rings is 2. The van der Waals surface area contributed by atoms with Crippen LogP contribution in [-0.4, -0.2) is 64.4 Å². The number of sulfonamides is 1. The van der Waals surface area contributed by atoms with Crippen molar-refractivity contribution in [2.24, 2.45) is 0 Å². The molecule has 0 spiro atoms. The van der Waals surface area contributed by atoms with Crippen molar-refractivity contribution in [3.8, 4) is 0 Å². The third-order valence-corrected chi connectivity index (χ3v) is 8.01. The van der Waals surface area contributed by atoms with Crippen molar-refractivity contribution in [3.05, 3.63) is 53.6 Å². The quantitative estimate of drug-likeness (QED) is 0.602. The first-order valence-corrected chi connectivity index (χ1v) is 12.6. The molecule has 0 N–H and O–H groups in total. The number of anilines is 2. The maximum Gasteiger partial charge on any atom is 0.341 e. The number of para-hydroxylation sites is 1. The van der Waals surface area contributed by atoms with Crippen LogP contribution in [0.25, 0.3) is 0 Å². The Kier molecular flexibility index (Phi) is 6.45. The van der Waals surface area contributed by atoms with Crippen LogP contribution in [0.5, 0.6) is 0 Å². The third-order valence-electron chi connectivity index (χ3n) is 6.20. The third kappa shape index (κ3) is 4.47. The SMILES string of the molecule is C[C@H](OC(=O)c1cc(S(=O)(=O)N(C)C)ccc1N1CCCC1)C(=O)N1CCc2ccccc21. The number of rotatable bonds is 6. The highest BCUT2D eigenvalue weighted by molar-refractivity contribution is 7.89. The van der Waals surface area contributed by atoms with E-state index < -0.39 is 22.1 Å². The second kappa shape index (κ2) is 9.15. The van der Waals surface area contributed by atoms with E-state index in [4.69, 9.17) is 4.74 Å². The second-order valence-electron chi connectivity index (χ2n) is 8.58. The smallest absolute Gasteiger partial charge is 0.341 e. The minimum absolute atomic E-state index is 0.00912. The average Bonchev–Trinajstić information content (AvgIpc) is 3.48. The number of nitrogens with zero attached hydrogens (tertiary/aromatic N) is 3. The number of amides is 1. The summed E-state index contributed by atoms with van der Waals surface area (Å²) in [5.74, 6) is -1.01. The number of carbonyl (C=O) groups excluding carboxylic acids is 2. The zero-order valence-electron chi connectivity index (χ0n) is 19.2. The van der Waals surface area contributed by atoms with Crippen LogP contribution in [-0.2, 0) is 26.0 Å². The summed E-state index contributed by atoms with van der Waals surface area (Å²) in [5, 5.41) is 0. The van der Waals surface area contributed by atoms with Crippen molar-refractivity contribution in [3.63, 3.8) is 0 Å². The molecule has 2 aliphatic heterocycles. The highest BCUT2D eigenvalue weighted by atomic mass is 32.2. The zero-order chi connectivity index (χ0) is 23.8. The fraction of sp³-hybridized carbons (Fsp3) is 0.417. The van der Waals surface area contributed by atoms with Gasteiger partial charge in [-0.2, -0.15) is 0 Å². The van der Waals surface area contributed by atoms with Gasteiger partial charge in [0.25, 0.3) is 5.91 Å². The van der Waals surface area contributed by atoms with Crippen LogP contribution in [0.3, 0.4) is 0 Å². The van der Waals surface area contributed by atoms with E-state index in [2.05, 4.69) is 0 Å². The molecule has 0 saturated carbocycles. The summed E-state index contributed by atoms with van der Waals surface area (Å²) in [5.41, 5.74) is 2.70. The van der Waals surface area contributed by atoms with Crippen LogP contribution in [0, 0.1) is 0 Å². The summed E-state index contributed by atoms with van der Waals surface area (Å²) < 4.78 is 32.0. The lowest BCUT2D eigenvalue weighted by Gasteiger charge is -2.24. The van der Waals surface area contributed by atoms with Gasteiger partial charge in [0.05, 0.1) is 16.1 Å². The maximum atomic E-state index is 13.2. The van der Waals surface area contributed by atoms with E-state index >= 15 is 0 Å². The zero-order valence-corrected chi connectivity index (χ0v) is 20.0. The van der Waals surface area contributed by atoms with Crippen molar-refractivity contribution in [2.45, 2.75) is 37.2 Å². The van der Waals surface area contributed by atoms with E-state index in [0.29, 0.717) is 12.2 Å². The van der Waals surface area contributed by atoms with Gasteiger partial charge < -0.3 is 14.5 Å². The average molecular weight is 472 g/mol. The number of hydrogen-bond acceptors (Lipinski definition) is 6. The Morgan fingerprint density at radius 1 is 1.00 bits per heavy atom. The Balaban J connectivity index is 1.60. The van der Waals surface area contributed by atoms with Gasteiger partial charge in [-0.05, 0) is 56.0 Å². The molecule has 1 amide bonds. The van der Waals surface area contributed by atoms with Gasteiger partial charge in [-0.15, -0.1) is 0 Å². The van der Waals surface area contributed by atoms with Crippen LogP contribution in [0.15, 0.2) is 47.4 Å². The number of carbonyl (C=O) groups is 2. The van der Waals surface area contributed by atoms with Crippen LogP contribution in [0.2, 0.25) is 0 Å². The highest BCUT2D eigenvalue weighted by Gasteiger charge is 2.32. The molecular formula is C24H29N3O5S. The molecule has 33 heavy (non-hydrogen) atoms. The van der Waals surface area contributed by atoms with Gasteiger partial charge in [-0.25, -0.2) is 17.5 Å². The number of ether oxygens (including phenoxy) is 1. The van der Waals surface area contributed by atoms with Crippen molar-refractivity contribution in [1.29, 1.82) is 0 Å². The van der Waals surface area contributed by atoms with E-state index in [9.17, 15) is 18.0 Å². The minimum atomic E-state index is -3.73. The molecule has 2 aromatic carbocycles. The Morgan fingerprint density at radius 2 is 1.70 bits per heavy atom. The Labute approximate surface area is 194 Å². The van der Waals surface area contributed by atoms with Crippen molar-refractivity contribution in [1.82, 2.24) is 4.31 Å². The molecule has 1 fully saturated rings. The molecule has 0 bridgehead atoms. The predicted molar refractivity (Wildman–Crippen MR) is 126 cm³/mol. The molecule has 2 aromatic rings. The predicted octanol–water partition coefficient (Wildman–Crippen LogP) is 2.67. The number of fused-ring (bicyclic) bond motifs is 1. The van der Waals surface area contributed by atoms with E-state index in [1.807, 2.05) is 29.2 Å². The van der Waals surface area contributed by atoms with Crippen LogP contribution < -0.4 is 9.80 Å². The molecule has 2 aliphatic rings. The second-order valence-corrected chi connectivity index (χ2v) is 10.7. The molecule has 0 aliphatic carbocycles. The maximum absolute atomic E-state index is 13.2. The van der Waals surface area contributed by atoms with Gasteiger partial charge in [-0.3, -0.25) is 4.79 Å². The fourth-order valence-corrected chi connectivity index (χ4v) is 5.27. The van der Waals surface area contributed by atoms with Gasteiger partial charge in [0.2, 0.25) is 10.0 Å². The van der Waals surface area contributed by atoms with E-state index in [1.54, 1.807) is 17.9 Å². The Bertz CT molecular complexity index is 1170. The van der Waals surface area contributed by atoms with Gasteiger partial charge in [-0.1, -0.05) is 18.2 Å². The lowest BCUT2D eigenvalue weighted by molar-refractivity contribution is -0.126.